The highest BCUT2D eigenvalue weighted by atomic mass is 16.5. The molecular formula is C20H28N2O4. The molecule has 6 heteroatoms. The van der Waals surface area contributed by atoms with E-state index in [1.165, 1.54) is 0 Å². The third-order valence-electron chi connectivity index (χ3n) is 5.18. The van der Waals surface area contributed by atoms with Gasteiger partial charge in [-0.2, -0.15) is 0 Å². The molecule has 0 spiro atoms. The zero-order valence-corrected chi connectivity index (χ0v) is 15.5. The number of ketones is 1. The molecular weight excluding hydrogens is 332 g/mol. The number of rotatable bonds is 6. The standard InChI is InChI=1S/C20H28N2O4/c1-25-17-7-5-16(6-8-17)19(23)15-21-9-11-22(12-10-21)20(24)14-18-4-2-3-13-26-18/h5-8,18H,2-4,9-15H2,1H3. The fourth-order valence-corrected chi connectivity index (χ4v) is 3.52. The summed E-state index contributed by atoms with van der Waals surface area (Å²) in [6, 6.07) is 7.20. The number of carbonyl (C=O) groups excluding carboxylic acids is 2. The Morgan fingerprint density at radius 2 is 1.85 bits per heavy atom. The largest absolute Gasteiger partial charge is 0.497 e. The zero-order chi connectivity index (χ0) is 18.4. The molecule has 142 valence electrons. The molecule has 2 fully saturated rings. The minimum Gasteiger partial charge on any atom is -0.497 e. The van der Waals surface area contributed by atoms with Crippen LogP contribution in [0.4, 0.5) is 0 Å². The van der Waals surface area contributed by atoms with Crippen molar-refractivity contribution in [3.05, 3.63) is 29.8 Å². The van der Waals surface area contributed by atoms with Crippen LogP contribution >= 0.6 is 0 Å². The third-order valence-corrected chi connectivity index (χ3v) is 5.18. The van der Waals surface area contributed by atoms with Crippen molar-refractivity contribution in [3.63, 3.8) is 0 Å². The lowest BCUT2D eigenvalue weighted by molar-refractivity contribution is -0.136. The van der Waals surface area contributed by atoms with Crippen molar-refractivity contribution in [2.45, 2.75) is 31.8 Å². The maximum absolute atomic E-state index is 12.4. The zero-order valence-electron chi connectivity index (χ0n) is 15.5. The Morgan fingerprint density at radius 1 is 1.12 bits per heavy atom. The first kappa shape index (κ1) is 18.9. The molecule has 3 rings (SSSR count). The van der Waals surface area contributed by atoms with Gasteiger partial charge in [0.1, 0.15) is 5.75 Å². The number of nitrogens with zero attached hydrogens (tertiary/aromatic N) is 2. The van der Waals surface area contributed by atoms with E-state index < -0.39 is 0 Å². The fraction of sp³-hybridized carbons (Fsp3) is 0.600. The summed E-state index contributed by atoms with van der Waals surface area (Å²) < 4.78 is 10.8. The van der Waals surface area contributed by atoms with Crippen molar-refractivity contribution >= 4 is 11.7 Å². The average molecular weight is 360 g/mol. The molecule has 0 bridgehead atoms. The number of carbonyl (C=O) groups is 2. The Hall–Kier alpha value is -1.92. The average Bonchev–Trinajstić information content (AvgIpc) is 2.69. The molecule has 2 aliphatic rings. The summed E-state index contributed by atoms with van der Waals surface area (Å²) in [6.45, 7) is 4.00. The molecule has 0 saturated carbocycles. The van der Waals surface area contributed by atoms with Crippen molar-refractivity contribution in [2.75, 3.05) is 46.4 Å². The van der Waals surface area contributed by atoms with Gasteiger partial charge in [0.05, 0.1) is 26.2 Å². The molecule has 1 atom stereocenters. The lowest BCUT2D eigenvalue weighted by Gasteiger charge is -2.35. The molecule has 2 saturated heterocycles. The summed E-state index contributed by atoms with van der Waals surface area (Å²) in [5.74, 6) is 1.02. The van der Waals surface area contributed by atoms with E-state index in [9.17, 15) is 9.59 Å². The molecule has 0 aromatic heterocycles. The molecule has 0 radical (unpaired) electrons. The van der Waals surface area contributed by atoms with E-state index in [0.717, 1.165) is 44.7 Å². The lowest BCUT2D eigenvalue weighted by atomic mass is 10.1. The topological polar surface area (TPSA) is 59.1 Å². The van der Waals surface area contributed by atoms with Gasteiger partial charge in [0.25, 0.3) is 0 Å². The van der Waals surface area contributed by atoms with Crippen LogP contribution in [0.15, 0.2) is 24.3 Å². The van der Waals surface area contributed by atoms with Crippen molar-refractivity contribution in [1.29, 1.82) is 0 Å². The molecule has 1 amide bonds. The molecule has 6 nitrogen and oxygen atoms in total. The molecule has 1 unspecified atom stereocenters. The summed E-state index contributed by atoms with van der Waals surface area (Å²) in [5.41, 5.74) is 0.693. The van der Waals surface area contributed by atoms with Gasteiger partial charge in [-0.1, -0.05) is 0 Å². The Morgan fingerprint density at radius 3 is 2.46 bits per heavy atom. The van der Waals surface area contributed by atoms with Crippen LogP contribution < -0.4 is 4.74 Å². The highest BCUT2D eigenvalue weighted by Crippen LogP contribution is 2.17. The van der Waals surface area contributed by atoms with Crippen LogP contribution in [-0.2, 0) is 9.53 Å². The van der Waals surface area contributed by atoms with Crippen LogP contribution in [0.5, 0.6) is 5.75 Å². The van der Waals surface area contributed by atoms with E-state index in [0.29, 0.717) is 31.6 Å². The quantitative estimate of drug-likeness (QED) is 0.726. The maximum Gasteiger partial charge on any atom is 0.225 e. The van der Waals surface area contributed by atoms with E-state index in [-0.39, 0.29) is 17.8 Å². The predicted molar refractivity (Wildman–Crippen MR) is 98.6 cm³/mol. The number of methoxy groups -OCH3 is 1. The van der Waals surface area contributed by atoms with E-state index in [1.807, 2.05) is 4.90 Å². The lowest BCUT2D eigenvalue weighted by Crippen LogP contribution is -2.50. The Bertz CT molecular complexity index is 603. The second-order valence-corrected chi connectivity index (χ2v) is 7.00. The van der Waals surface area contributed by atoms with Crippen LogP contribution in [0, 0.1) is 0 Å². The summed E-state index contributed by atoms with van der Waals surface area (Å²) >= 11 is 0. The smallest absolute Gasteiger partial charge is 0.225 e. The van der Waals surface area contributed by atoms with Gasteiger partial charge < -0.3 is 14.4 Å². The fourth-order valence-electron chi connectivity index (χ4n) is 3.52. The molecule has 26 heavy (non-hydrogen) atoms. The van der Waals surface area contributed by atoms with E-state index >= 15 is 0 Å². The molecule has 0 N–H and O–H groups in total. The Balaban J connectivity index is 1.42. The molecule has 1 aromatic carbocycles. The first-order valence-electron chi connectivity index (χ1n) is 9.44. The summed E-state index contributed by atoms with van der Waals surface area (Å²) in [4.78, 5) is 28.9. The second kappa shape index (κ2) is 9.14. The van der Waals surface area contributed by atoms with E-state index in [4.69, 9.17) is 9.47 Å². The van der Waals surface area contributed by atoms with Crippen LogP contribution in [0.3, 0.4) is 0 Å². The minimum absolute atomic E-state index is 0.0888. The SMILES string of the molecule is COc1ccc(C(=O)CN2CCN(C(=O)CC3CCCCO3)CC2)cc1. The maximum atomic E-state index is 12.4. The van der Waals surface area contributed by atoms with Crippen LogP contribution in [0.1, 0.15) is 36.0 Å². The number of benzene rings is 1. The van der Waals surface area contributed by atoms with Crippen molar-refractivity contribution in [1.82, 2.24) is 9.80 Å². The number of hydrogen-bond donors (Lipinski definition) is 0. The van der Waals surface area contributed by atoms with Gasteiger partial charge in [0.2, 0.25) is 5.91 Å². The van der Waals surface area contributed by atoms with Gasteiger partial charge in [-0.05, 0) is 43.5 Å². The predicted octanol–water partition coefficient (Wildman–Crippen LogP) is 1.98. The molecule has 0 aliphatic carbocycles. The number of Topliss-reactive ketones (excluding diaryl/α,β-unsaturated/α-hetero) is 1. The van der Waals surface area contributed by atoms with Gasteiger partial charge in [0.15, 0.2) is 5.78 Å². The first-order chi connectivity index (χ1) is 12.7. The monoisotopic (exact) mass is 360 g/mol. The van der Waals surface area contributed by atoms with Crippen LogP contribution in [-0.4, -0.2) is 74.0 Å². The van der Waals surface area contributed by atoms with Gasteiger partial charge >= 0.3 is 0 Å². The van der Waals surface area contributed by atoms with E-state index in [1.54, 1.807) is 31.4 Å². The highest BCUT2D eigenvalue weighted by molar-refractivity contribution is 5.97. The number of amides is 1. The summed E-state index contributed by atoms with van der Waals surface area (Å²) in [6.07, 6.45) is 3.82. The highest BCUT2D eigenvalue weighted by Gasteiger charge is 2.25. The van der Waals surface area contributed by atoms with Crippen molar-refractivity contribution < 1.29 is 19.1 Å². The summed E-state index contributed by atoms with van der Waals surface area (Å²) in [7, 11) is 1.61. The third kappa shape index (κ3) is 5.05. The molecule has 2 heterocycles. The number of piperazine rings is 1. The van der Waals surface area contributed by atoms with E-state index in [2.05, 4.69) is 4.90 Å². The Labute approximate surface area is 155 Å². The molecule has 1 aromatic rings. The normalized spacial score (nSPS) is 21.4. The van der Waals surface area contributed by atoms with Gasteiger partial charge in [-0.15, -0.1) is 0 Å². The van der Waals surface area contributed by atoms with Crippen molar-refractivity contribution in [2.24, 2.45) is 0 Å². The summed E-state index contributed by atoms with van der Waals surface area (Å²) in [5, 5.41) is 0. The number of ether oxygens (including phenoxy) is 2. The minimum atomic E-state index is 0.0888. The van der Waals surface area contributed by atoms with Crippen molar-refractivity contribution in [3.8, 4) is 5.75 Å². The van der Waals surface area contributed by atoms with Gasteiger partial charge in [0, 0.05) is 38.3 Å². The van der Waals surface area contributed by atoms with Gasteiger partial charge in [-0.3, -0.25) is 14.5 Å². The number of hydrogen-bond acceptors (Lipinski definition) is 5. The molecule has 2 aliphatic heterocycles. The van der Waals surface area contributed by atoms with Crippen LogP contribution in [0.25, 0.3) is 0 Å². The Kier molecular flexibility index (Phi) is 6.63. The van der Waals surface area contributed by atoms with Gasteiger partial charge in [-0.25, -0.2) is 0 Å². The second-order valence-electron chi connectivity index (χ2n) is 7.00. The first-order valence-corrected chi connectivity index (χ1v) is 9.44. The van der Waals surface area contributed by atoms with Crippen LogP contribution in [0.2, 0.25) is 0 Å².